The van der Waals surface area contributed by atoms with E-state index in [0.29, 0.717) is 20.8 Å². The van der Waals surface area contributed by atoms with Crippen molar-refractivity contribution in [3.05, 3.63) is 63.1 Å². The lowest BCUT2D eigenvalue weighted by Crippen LogP contribution is -2.31. The third-order valence-corrected chi connectivity index (χ3v) is 3.80. The van der Waals surface area contributed by atoms with E-state index < -0.39 is 0 Å². The van der Waals surface area contributed by atoms with E-state index in [-0.39, 0.29) is 18.6 Å². The molecule has 1 amide bonds. The molecule has 1 N–H and O–H groups in total. The molecule has 0 aliphatic heterocycles. The van der Waals surface area contributed by atoms with E-state index in [1.807, 2.05) is 19.1 Å². The molecule has 0 spiro atoms. The molecular formula is C16H14Cl3NO2. The normalized spacial score (nSPS) is 11.8. The molecule has 116 valence electrons. The molecule has 0 fully saturated rings. The quantitative estimate of drug-likeness (QED) is 0.825. The van der Waals surface area contributed by atoms with Crippen LogP contribution in [0.3, 0.4) is 0 Å². The topological polar surface area (TPSA) is 38.3 Å². The van der Waals surface area contributed by atoms with E-state index in [2.05, 4.69) is 5.32 Å². The number of carbonyl (C=O) groups is 1. The highest BCUT2D eigenvalue weighted by Gasteiger charge is 2.11. The maximum Gasteiger partial charge on any atom is 0.258 e. The maximum atomic E-state index is 11.9. The Morgan fingerprint density at radius 2 is 1.73 bits per heavy atom. The fourth-order valence-corrected chi connectivity index (χ4v) is 2.31. The van der Waals surface area contributed by atoms with Gasteiger partial charge in [-0.05, 0) is 36.8 Å². The molecule has 2 aromatic rings. The van der Waals surface area contributed by atoms with Crippen molar-refractivity contribution in [2.24, 2.45) is 0 Å². The molecule has 22 heavy (non-hydrogen) atoms. The second-order valence-electron chi connectivity index (χ2n) is 4.70. The van der Waals surface area contributed by atoms with Crippen LogP contribution in [0.1, 0.15) is 18.5 Å². The van der Waals surface area contributed by atoms with E-state index in [9.17, 15) is 4.79 Å². The Hall–Kier alpha value is -1.42. The van der Waals surface area contributed by atoms with Gasteiger partial charge in [-0.25, -0.2) is 0 Å². The van der Waals surface area contributed by atoms with Crippen LogP contribution in [0.2, 0.25) is 15.1 Å². The predicted octanol–water partition coefficient (Wildman–Crippen LogP) is 4.90. The number of amides is 1. The number of hydrogen-bond acceptors (Lipinski definition) is 2. The summed E-state index contributed by atoms with van der Waals surface area (Å²) in [5.41, 5.74) is 0.957. The second-order valence-corrected chi connectivity index (χ2v) is 5.98. The van der Waals surface area contributed by atoms with Crippen molar-refractivity contribution in [1.82, 2.24) is 5.32 Å². The number of hydrogen-bond donors (Lipinski definition) is 1. The van der Waals surface area contributed by atoms with Crippen molar-refractivity contribution in [2.75, 3.05) is 6.61 Å². The molecule has 0 saturated heterocycles. The standard InChI is InChI=1S/C16H14Cl3NO2/c1-10(11-2-4-12(17)5-3-11)20-16(21)9-22-15-8-13(18)6-7-14(15)19/h2-8,10H,9H2,1H3,(H,20,21)/t10-/m0/s1. The molecule has 0 aliphatic carbocycles. The number of halogens is 3. The van der Waals surface area contributed by atoms with Crippen LogP contribution in [0.4, 0.5) is 0 Å². The summed E-state index contributed by atoms with van der Waals surface area (Å²) in [7, 11) is 0. The minimum atomic E-state index is -0.251. The number of rotatable bonds is 5. The van der Waals surface area contributed by atoms with Crippen LogP contribution in [0.15, 0.2) is 42.5 Å². The van der Waals surface area contributed by atoms with Crippen molar-refractivity contribution in [3.8, 4) is 5.75 Å². The van der Waals surface area contributed by atoms with Crippen LogP contribution in [0.5, 0.6) is 5.75 Å². The van der Waals surface area contributed by atoms with Crippen molar-refractivity contribution in [2.45, 2.75) is 13.0 Å². The highest BCUT2D eigenvalue weighted by molar-refractivity contribution is 6.34. The SMILES string of the molecule is C[C@H](NC(=O)COc1cc(Cl)ccc1Cl)c1ccc(Cl)cc1. The Kier molecular flexibility index (Phi) is 5.95. The maximum absolute atomic E-state index is 11.9. The van der Waals surface area contributed by atoms with Gasteiger partial charge in [-0.1, -0.05) is 46.9 Å². The van der Waals surface area contributed by atoms with Crippen LogP contribution in [0, 0.1) is 0 Å². The Balaban J connectivity index is 1.90. The molecule has 0 bridgehead atoms. The molecule has 2 aromatic carbocycles. The first kappa shape index (κ1) is 16.9. The summed E-state index contributed by atoms with van der Waals surface area (Å²) in [5.74, 6) is 0.127. The van der Waals surface area contributed by atoms with E-state index in [0.717, 1.165) is 5.56 Å². The zero-order chi connectivity index (χ0) is 16.1. The first-order valence-corrected chi connectivity index (χ1v) is 7.72. The molecule has 2 rings (SSSR count). The van der Waals surface area contributed by atoms with Gasteiger partial charge in [-0.15, -0.1) is 0 Å². The molecule has 0 aliphatic rings. The average Bonchev–Trinajstić information content (AvgIpc) is 2.49. The van der Waals surface area contributed by atoms with Crippen molar-refractivity contribution in [3.63, 3.8) is 0 Å². The van der Waals surface area contributed by atoms with Crippen molar-refractivity contribution >= 4 is 40.7 Å². The van der Waals surface area contributed by atoms with Gasteiger partial charge in [0, 0.05) is 16.1 Å². The number of carbonyl (C=O) groups excluding carboxylic acids is 1. The molecule has 6 heteroatoms. The Bertz CT molecular complexity index is 659. The van der Waals surface area contributed by atoms with Gasteiger partial charge in [-0.3, -0.25) is 4.79 Å². The Labute approximate surface area is 144 Å². The highest BCUT2D eigenvalue weighted by Crippen LogP contribution is 2.27. The van der Waals surface area contributed by atoms with E-state index in [4.69, 9.17) is 39.5 Å². The monoisotopic (exact) mass is 357 g/mol. The molecule has 0 saturated carbocycles. The molecule has 0 heterocycles. The van der Waals surface area contributed by atoms with E-state index in [1.54, 1.807) is 30.3 Å². The first-order valence-electron chi connectivity index (χ1n) is 6.58. The molecule has 0 radical (unpaired) electrons. The van der Waals surface area contributed by atoms with Crippen LogP contribution in [-0.4, -0.2) is 12.5 Å². The van der Waals surface area contributed by atoms with Gasteiger partial charge >= 0.3 is 0 Å². The van der Waals surface area contributed by atoms with Gasteiger partial charge < -0.3 is 10.1 Å². The van der Waals surface area contributed by atoms with E-state index >= 15 is 0 Å². The summed E-state index contributed by atoms with van der Waals surface area (Å²) in [4.78, 5) is 11.9. The zero-order valence-electron chi connectivity index (χ0n) is 11.8. The van der Waals surface area contributed by atoms with Gasteiger partial charge in [0.05, 0.1) is 11.1 Å². The molecular weight excluding hydrogens is 345 g/mol. The summed E-state index contributed by atoms with van der Waals surface area (Å²) >= 11 is 17.7. The van der Waals surface area contributed by atoms with Crippen LogP contribution < -0.4 is 10.1 Å². The minimum Gasteiger partial charge on any atom is -0.482 e. The van der Waals surface area contributed by atoms with Crippen LogP contribution >= 0.6 is 34.8 Å². The number of nitrogens with one attached hydrogen (secondary N) is 1. The largest absolute Gasteiger partial charge is 0.482 e. The van der Waals surface area contributed by atoms with Gasteiger partial charge in [0.2, 0.25) is 0 Å². The van der Waals surface area contributed by atoms with Crippen molar-refractivity contribution < 1.29 is 9.53 Å². The first-order chi connectivity index (χ1) is 10.5. The zero-order valence-corrected chi connectivity index (χ0v) is 14.0. The highest BCUT2D eigenvalue weighted by atomic mass is 35.5. The summed E-state index contributed by atoms with van der Waals surface area (Å²) in [6.07, 6.45) is 0. The lowest BCUT2D eigenvalue weighted by molar-refractivity contribution is -0.123. The van der Waals surface area contributed by atoms with E-state index in [1.165, 1.54) is 0 Å². The van der Waals surface area contributed by atoms with Gasteiger partial charge in [0.15, 0.2) is 6.61 Å². The van der Waals surface area contributed by atoms with Crippen LogP contribution in [-0.2, 0) is 4.79 Å². The van der Waals surface area contributed by atoms with Gasteiger partial charge in [0.1, 0.15) is 5.75 Å². The molecule has 3 nitrogen and oxygen atoms in total. The predicted molar refractivity (Wildman–Crippen MR) is 90.0 cm³/mol. The smallest absolute Gasteiger partial charge is 0.258 e. The third kappa shape index (κ3) is 4.80. The Morgan fingerprint density at radius 1 is 1.09 bits per heavy atom. The number of ether oxygens (including phenoxy) is 1. The molecule has 0 aromatic heterocycles. The minimum absolute atomic E-state index is 0.141. The summed E-state index contributed by atoms with van der Waals surface area (Å²) in [5, 5.41) is 4.39. The van der Waals surface area contributed by atoms with Crippen LogP contribution in [0.25, 0.3) is 0 Å². The fraction of sp³-hybridized carbons (Fsp3) is 0.188. The van der Waals surface area contributed by atoms with Crippen molar-refractivity contribution in [1.29, 1.82) is 0 Å². The number of benzene rings is 2. The summed E-state index contributed by atoms with van der Waals surface area (Å²) in [6, 6.07) is 12.0. The molecule has 1 atom stereocenters. The third-order valence-electron chi connectivity index (χ3n) is 3.00. The lowest BCUT2D eigenvalue weighted by atomic mass is 10.1. The average molecular weight is 359 g/mol. The summed E-state index contributed by atoms with van der Waals surface area (Å²) < 4.78 is 5.39. The van der Waals surface area contributed by atoms with Gasteiger partial charge in [-0.2, -0.15) is 0 Å². The second kappa shape index (κ2) is 7.73. The Morgan fingerprint density at radius 3 is 2.41 bits per heavy atom. The summed E-state index contributed by atoms with van der Waals surface area (Å²) in [6.45, 7) is 1.74. The molecule has 0 unspecified atom stereocenters. The van der Waals surface area contributed by atoms with Gasteiger partial charge in [0.25, 0.3) is 5.91 Å². The lowest BCUT2D eigenvalue weighted by Gasteiger charge is -2.15. The fourth-order valence-electron chi connectivity index (χ4n) is 1.85.